The lowest BCUT2D eigenvalue weighted by Gasteiger charge is -2.25. The molecule has 15 nitrogen and oxygen atoms in total. The van der Waals surface area contributed by atoms with Crippen molar-refractivity contribution in [2.24, 2.45) is 0 Å². The lowest BCUT2D eigenvalue weighted by atomic mass is 9.96. The van der Waals surface area contributed by atoms with Gasteiger partial charge in [-0.3, -0.25) is 14.4 Å². The summed E-state index contributed by atoms with van der Waals surface area (Å²) in [6.45, 7) is 3.57. The number of benzene rings is 2. The zero-order valence-corrected chi connectivity index (χ0v) is 29.9. The van der Waals surface area contributed by atoms with Crippen molar-refractivity contribution in [3.8, 4) is 0 Å². The maximum absolute atomic E-state index is 13.0. The van der Waals surface area contributed by atoms with Crippen molar-refractivity contribution in [1.82, 2.24) is 19.5 Å². The Bertz CT molecular complexity index is 2060. The SMILES string of the molecule is CC(C)N(CCc1c2c(nc3ccccc13)/C(=C/C1=C(C=O)COC(=O)C1OC(=O)OCc1ccc(NC(=O)CNC=O)cc1)N(C)C2)S(C)(=O)=O. The number of nitrogens with one attached hydrogen (secondary N) is 2. The van der Waals surface area contributed by atoms with Crippen molar-refractivity contribution < 1.29 is 46.6 Å². The second kappa shape index (κ2) is 16.2. The largest absolute Gasteiger partial charge is 0.509 e. The number of sulfonamides is 1. The number of fused-ring (bicyclic) bond motifs is 2. The van der Waals surface area contributed by atoms with Gasteiger partial charge in [0.05, 0.1) is 29.7 Å². The third-order valence-electron chi connectivity index (χ3n) is 8.57. The number of rotatable bonds is 14. The van der Waals surface area contributed by atoms with E-state index in [0.29, 0.717) is 53.8 Å². The summed E-state index contributed by atoms with van der Waals surface area (Å²) >= 11 is 0. The van der Waals surface area contributed by atoms with E-state index in [1.807, 2.05) is 50.1 Å². The molecule has 1 aromatic heterocycles. The summed E-state index contributed by atoms with van der Waals surface area (Å²) in [5.74, 6) is -1.31. The number of ether oxygens (including phenoxy) is 3. The van der Waals surface area contributed by atoms with Crippen LogP contribution in [0.4, 0.5) is 10.5 Å². The van der Waals surface area contributed by atoms with Gasteiger partial charge in [-0.05, 0) is 55.7 Å². The highest BCUT2D eigenvalue weighted by Gasteiger charge is 2.37. The van der Waals surface area contributed by atoms with Crippen LogP contribution in [0.15, 0.2) is 65.8 Å². The second-order valence-corrected chi connectivity index (χ2v) is 14.5. The van der Waals surface area contributed by atoms with E-state index in [0.717, 1.165) is 16.5 Å². The van der Waals surface area contributed by atoms with E-state index >= 15 is 0 Å². The van der Waals surface area contributed by atoms with Gasteiger partial charge in [-0.1, -0.05) is 30.3 Å². The Morgan fingerprint density at radius 3 is 2.54 bits per heavy atom. The molecular weight excluding hydrogens is 694 g/mol. The number of amides is 2. The minimum atomic E-state index is -3.46. The van der Waals surface area contributed by atoms with Crippen LogP contribution in [0.2, 0.25) is 0 Å². The predicted octanol–water partition coefficient (Wildman–Crippen LogP) is 2.69. The average molecular weight is 734 g/mol. The van der Waals surface area contributed by atoms with Crippen LogP contribution >= 0.6 is 0 Å². The molecule has 3 heterocycles. The quantitative estimate of drug-likeness (QED) is 0.182. The minimum absolute atomic E-state index is 0.0921. The number of aromatic nitrogens is 1. The zero-order valence-electron chi connectivity index (χ0n) is 29.1. The Balaban J connectivity index is 1.40. The molecule has 5 rings (SSSR count). The Morgan fingerprint density at radius 2 is 1.87 bits per heavy atom. The highest BCUT2D eigenvalue weighted by atomic mass is 32.2. The number of aldehydes is 1. The number of carbonyl (C=O) groups excluding carboxylic acids is 5. The van der Waals surface area contributed by atoms with E-state index < -0.39 is 34.2 Å². The Morgan fingerprint density at radius 1 is 1.13 bits per heavy atom. The van der Waals surface area contributed by atoms with Gasteiger partial charge in [-0.15, -0.1) is 0 Å². The van der Waals surface area contributed by atoms with Crippen LogP contribution in [0.25, 0.3) is 16.6 Å². The number of para-hydroxylation sites is 1. The summed E-state index contributed by atoms with van der Waals surface area (Å²) < 4.78 is 42.4. The summed E-state index contributed by atoms with van der Waals surface area (Å²) in [6.07, 6.45) is 1.35. The normalized spacial score (nSPS) is 16.6. The molecule has 2 amide bonds. The van der Waals surface area contributed by atoms with Crippen LogP contribution in [-0.2, 0) is 63.0 Å². The van der Waals surface area contributed by atoms with Gasteiger partial charge < -0.3 is 29.7 Å². The highest BCUT2D eigenvalue weighted by Crippen LogP contribution is 2.38. The van der Waals surface area contributed by atoms with Crippen molar-refractivity contribution in [1.29, 1.82) is 0 Å². The van der Waals surface area contributed by atoms with E-state index in [-0.39, 0.29) is 43.5 Å². The van der Waals surface area contributed by atoms with Gasteiger partial charge in [0.15, 0.2) is 0 Å². The van der Waals surface area contributed by atoms with Gasteiger partial charge in [0, 0.05) is 54.0 Å². The average Bonchev–Trinajstić information content (AvgIpc) is 3.41. The number of hydrogen-bond acceptors (Lipinski definition) is 12. The molecule has 0 radical (unpaired) electrons. The fraction of sp³-hybridized carbons (Fsp3) is 0.333. The molecule has 3 aromatic rings. The van der Waals surface area contributed by atoms with Gasteiger partial charge in [-0.25, -0.2) is 23.0 Å². The van der Waals surface area contributed by atoms with Gasteiger partial charge >= 0.3 is 12.1 Å². The van der Waals surface area contributed by atoms with Crippen LogP contribution in [0.1, 0.15) is 36.2 Å². The number of nitrogens with zero attached hydrogens (tertiary/aromatic N) is 3. The van der Waals surface area contributed by atoms with Crippen molar-refractivity contribution >= 4 is 63.0 Å². The molecule has 2 aromatic carbocycles. The fourth-order valence-electron chi connectivity index (χ4n) is 6.13. The first-order chi connectivity index (χ1) is 24.8. The molecule has 274 valence electrons. The highest BCUT2D eigenvalue weighted by molar-refractivity contribution is 7.88. The summed E-state index contributed by atoms with van der Waals surface area (Å²) in [4.78, 5) is 67.1. The lowest BCUT2D eigenvalue weighted by Crippen LogP contribution is -2.37. The molecule has 52 heavy (non-hydrogen) atoms. The van der Waals surface area contributed by atoms with Crippen LogP contribution in [0, 0.1) is 0 Å². The van der Waals surface area contributed by atoms with E-state index in [1.165, 1.54) is 10.6 Å². The van der Waals surface area contributed by atoms with Crippen LogP contribution in [0.5, 0.6) is 0 Å². The Labute approximate surface area is 300 Å². The molecule has 0 aliphatic carbocycles. The molecule has 0 spiro atoms. The Kier molecular flexibility index (Phi) is 11.7. The fourth-order valence-corrected chi connectivity index (χ4v) is 7.32. The number of anilines is 1. The summed E-state index contributed by atoms with van der Waals surface area (Å²) in [7, 11) is -1.64. The number of cyclic esters (lactones) is 1. The summed E-state index contributed by atoms with van der Waals surface area (Å²) in [6, 6.07) is 13.7. The number of esters is 1. The second-order valence-electron chi connectivity index (χ2n) is 12.5. The molecule has 2 N–H and O–H groups in total. The molecule has 0 saturated carbocycles. The summed E-state index contributed by atoms with van der Waals surface area (Å²) in [5.41, 5.74) is 4.84. The molecule has 0 bridgehead atoms. The monoisotopic (exact) mass is 733 g/mol. The van der Waals surface area contributed by atoms with Crippen LogP contribution in [-0.4, -0.2) is 98.5 Å². The molecular formula is C36H39N5O10S. The molecule has 16 heteroatoms. The maximum atomic E-state index is 13.0. The maximum Gasteiger partial charge on any atom is 0.509 e. The van der Waals surface area contributed by atoms with E-state index in [1.54, 1.807) is 30.3 Å². The van der Waals surface area contributed by atoms with Gasteiger partial charge in [0.25, 0.3) is 0 Å². The number of hydrogen-bond donors (Lipinski definition) is 2. The standard InChI is InChI=1S/C36H39N5O10S/c1-22(2)41(52(4,47)48)14-13-26-27-7-5-6-8-30(27)39-33-29(26)17-40(3)31(33)15-28-24(18-42)20-49-35(45)34(28)51-36(46)50-19-23-9-11-25(12-10-23)38-32(44)16-37-21-43/h5-12,15,18,21-22,34H,13-14,16-17,19-20H2,1-4H3,(H,37,43)(H,38,44)/b31-15-. The van der Waals surface area contributed by atoms with Crippen molar-refractivity contribution in [2.45, 2.75) is 45.6 Å². The number of carbonyl (C=O) groups is 5. The predicted molar refractivity (Wildman–Crippen MR) is 190 cm³/mol. The van der Waals surface area contributed by atoms with Crippen LogP contribution < -0.4 is 10.6 Å². The molecule has 0 fully saturated rings. The Hall–Kier alpha value is -5.61. The molecule has 1 atom stereocenters. The smallest absolute Gasteiger partial charge is 0.458 e. The van der Waals surface area contributed by atoms with Gasteiger partial charge in [-0.2, -0.15) is 4.31 Å². The summed E-state index contributed by atoms with van der Waals surface area (Å²) in [5, 5.41) is 5.75. The van der Waals surface area contributed by atoms with E-state index in [9.17, 15) is 32.4 Å². The first-order valence-corrected chi connectivity index (χ1v) is 18.2. The van der Waals surface area contributed by atoms with Crippen molar-refractivity contribution in [2.75, 3.05) is 38.3 Å². The zero-order chi connectivity index (χ0) is 37.6. The third kappa shape index (κ3) is 8.63. The molecule has 2 aliphatic heterocycles. The van der Waals surface area contributed by atoms with Crippen molar-refractivity contribution in [3.63, 3.8) is 0 Å². The van der Waals surface area contributed by atoms with Gasteiger partial charge in [0.2, 0.25) is 28.4 Å². The first-order valence-electron chi connectivity index (χ1n) is 16.3. The van der Waals surface area contributed by atoms with Gasteiger partial charge in [0.1, 0.15) is 19.5 Å². The van der Waals surface area contributed by atoms with E-state index in [2.05, 4.69) is 10.6 Å². The molecule has 2 aliphatic rings. The molecule has 0 saturated heterocycles. The topological polar surface area (TPSA) is 191 Å². The van der Waals surface area contributed by atoms with Crippen LogP contribution in [0.3, 0.4) is 0 Å². The third-order valence-corrected chi connectivity index (χ3v) is 10.0. The number of pyridine rings is 1. The van der Waals surface area contributed by atoms with E-state index in [4.69, 9.17) is 19.2 Å². The van der Waals surface area contributed by atoms with Crippen molar-refractivity contribution in [3.05, 3.63) is 88.1 Å². The first kappa shape index (κ1) is 37.6. The molecule has 1 unspecified atom stereocenters. The minimum Gasteiger partial charge on any atom is -0.458 e. The lowest BCUT2D eigenvalue weighted by molar-refractivity contribution is -0.153.